The fourth-order valence-corrected chi connectivity index (χ4v) is 9.03. The van der Waals surface area contributed by atoms with Gasteiger partial charge in [-0.2, -0.15) is 0 Å². The molecule has 1 heterocycles. The Morgan fingerprint density at radius 3 is 1.47 bits per heavy atom. The van der Waals surface area contributed by atoms with Gasteiger partial charge in [0.2, 0.25) is 5.91 Å². The van der Waals surface area contributed by atoms with Crippen molar-refractivity contribution >= 4 is 11.9 Å². The summed E-state index contributed by atoms with van der Waals surface area (Å²) >= 11 is 0. The molecule has 1 fully saturated rings. The smallest absolute Gasteiger partial charge is 0.306 e. The van der Waals surface area contributed by atoms with E-state index in [9.17, 15) is 35.1 Å². The number of amides is 1. The third kappa shape index (κ3) is 38.3. The summed E-state index contributed by atoms with van der Waals surface area (Å²) in [5.41, 5.74) is 0. The fourth-order valence-electron chi connectivity index (χ4n) is 9.03. The van der Waals surface area contributed by atoms with Crippen molar-refractivity contribution in [1.29, 1.82) is 0 Å². The zero-order chi connectivity index (χ0) is 53.3. The molecule has 6 N–H and O–H groups in total. The topological polar surface area (TPSA) is 175 Å². The summed E-state index contributed by atoms with van der Waals surface area (Å²) in [5.74, 6) is -1.27. The molecule has 8 unspecified atom stereocenters. The molecule has 0 radical (unpaired) electrons. The van der Waals surface area contributed by atoms with Gasteiger partial charge in [0, 0.05) is 6.42 Å². The second kappa shape index (κ2) is 49.9. The minimum atomic E-state index is -1.64. The summed E-state index contributed by atoms with van der Waals surface area (Å²) in [6.45, 7) is 5.61. The van der Waals surface area contributed by atoms with E-state index < -0.39 is 67.4 Å². The highest BCUT2D eigenvalue weighted by Crippen LogP contribution is 2.26. The van der Waals surface area contributed by atoms with Gasteiger partial charge in [-0.15, -0.1) is 0 Å². The average molecular weight is 1030 g/mol. The summed E-state index contributed by atoms with van der Waals surface area (Å²) in [6.07, 6.45) is 52.4. The third-order valence-corrected chi connectivity index (χ3v) is 13.8. The maximum Gasteiger partial charge on any atom is 0.306 e. The van der Waals surface area contributed by atoms with Crippen molar-refractivity contribution in [3.8, 4) is 0 Å². The molecule has 8 atom stereocenters. The molecular weight excluding hydrogens is 919 g/mol. The van der Waals surface area contributed by atoms with Crippen LogP contribution >= 0.6 is 0 Å². The van der Waals surface area contributed by atoms with Gasteiger partial charge in [-0.3, -0.25) is 9.59 Å². The van der Waals surface area contributed by atoms with Gasteiger partial charge in [-0.1, -0.05) is 273 Å². The minimum Gasteiger partial charge on any atom is -0.454 e. The molecule has 0 saturated carbocycles. The number of unbranched alkanes of at least 4 members (excludes halogenated alkanes) is 29. The number of carbonyl (C=O) groups is 2. The predicted molar refractivity (Wildman–Crippen MR) is 301 cm³/mol. The summed E-state index contributed by atoms with van der Waals surface area (Å²) < 4.78 is 17.5. The lowest BCUT2D eigenvalue weighted by molar-refractivity contribution is -0.305. The SMILES string of the molecule is CC/C=C/C=C/C=C\C=C/C=C/CCCC(=O)OC1C(OCC(NC(=O)C(O)CCCCCCCCCCCCCCCCCCCC)C(O)/C=C/CCCCCCCCCCCCC)OC(CO)C(O)C1O. The molecule has 0 spiro atoms. The molecule has 1 amide bonds. The number of nitrogens with one attached hydrogen (secondary N) is 1. The van der Waals surface area contributed by atoms with Crippen LogP contribution < -0.4 is 5.32 Å². The summed E-state index contributed by atoms with van der Waals surface area (Å²) in [5, 5.41) is 56.8. The van der Waals surface area contributed by atoms with Crippen molar-refractivity contribution in [1.82, 2.24) is 5.32 Å². The van der Waals surface area contributed by atoms with Crippen molar-refractivity contribution in [2.24, 2.45) is 0 Å². The second-order valence-corrected chi connectivity index (χ2v) is 20.5. The first-order valence-electron chi connectivity index (χ1n) is 29.8. The van der Waals surface area contributed by atoms with Gasteiger partial charge < -0.3 is 45.1 Å². The van der Waals surface area contributed by atoms with Crippen LogP contribution in [0.2, 0.25) is 0 Å². The fraction of sp³-hybridized carbons (Fsp3) is 0.774. The van der Waals surface area contributed by atoms with Gasteiger partial charge in [0.15, 0.2) is 12.4 Å². The molecule has 73 heavy (non-hydrogen) atoms. The zero-order valence-corrected chi connectivity index (χ0v) is 46.5. The molecule has 11 heteroatoms. The Balaban J connectivity index is 2.74. The predicted octanol–water partition coefficient (Wildman–Crippen LogP) is 13.6. The van der Waals surface area contributed by atoms with Crippen LogP contribution in [0, 0.1) is 0 Å². The van der Waals surface area contributed by atoms with Crippen molar-refractivity contribution in [2.75, 3.05) is 13.2 Å². The number of aliphatic hydroxyl groups excluding tert-OH is 5. The Morgan fingerprint density at radius 1 is 0.548 bits per heavy atom. The van der Waals surface area contributed by atoms with Crippen LogP contribution in [-0.2, 0) is 23.8 Å². The Kier molecular flexibility index (Phi) is 46.6. The van der Waals surface area contributed by atoms with E-state index >= 15 is 0 Å². The van der Waals surface area contributed by atoms with E-state index in [-0.39, 0.29) is 19.4 Å². The van der Waals surface area contributed by atoms with Crippen LogP contribution in [0.25, 0.3) is 0 Å². The highest BCUT2D eigenvalue weighted by molar-refractivity contribution is 5.80. The monoisotopic (exact) mass is 1030 g/mol. The number of hydrogen-bond donors (Lipinski definition) is 6. The van der Waals surface area contributed by atoms with E-state index in [0.717, 1.165) is 44.9 Å². The van der Waals surface area contributed by atoms with Crippen molar-refractivity contribution < 1.29 is 49.3 Å². The normalized spacial score (nSPS) is 19.9. The Morgan fingerprint density at radius 2 is 0.986 bits per heavy atom. The molecule has 1 aliphatic rings. The summed E-state index contributed by atoms with van der Waals surface area (Å²) in [6, 6.07) is -1.04. The first-order valence-corrected chi connectivity index (χ1v) is 29.8. The molecule has 0 aromatic rings. The van der Waals surface area contributed by atoms with Gasteiger partial charge in [0.1, 0.15) is 24.4 Å². The molecule has 1 rings (SSSR count). The molecule has 11 nitrogen and oxygen atoms in total. The maximum atomic E-state index is 13.4. The van der Waals surface area contributed by atoms with Gasteiger partial charge in [-0.05, 0) is 38.5 Å². The number of rotatable bonds is 49. The van der Waals surface area contributed by atoms with Crippen LogP contribution in [0.3, 0.4) is 0 Å². The lowest BCUT2D eigenvalue weighted by atomic mass is 9.99. The maximum absolute atomic E-state index is 13.4. The number of carbonyl (C=O) groups excluding carboxylic acids is 2. The molecule has 0 aromatic heterocycles. The molecule has 1 aliphatic heterocycles. The second-order valence-electron chi connectivity index (χ2n) is 20.5. The molecule has 0 aliphatic carbocycles. The van der Waals surface area contributed by atoms with Crippen LogP contribution in [0.4, 0.5) is 0 Å². The van der Waals surface area contributed by atoms with Crippen molar-refractivity contribution in [3.05, 3.63) is 72.9 Å². The Bertz CT molecular complexity index is 1460. The van der Waals surface area contributed by atoms with Crippen molar-refractivity contribution in [3.63, 3.8) is 0 Å². The standard InChI is InChI=1S/C62H109NO10/c1-4-7-10-13-16-19-22-25-26-27-28-29-32-34-37-40-43-46-49-55(66)61(70)63-53(54(65)48-45-42-39-36-33-30-23-20-17-14-11-8-5-2)52-71-62-60(59(69)58(68)56(51-64)72-62)73-57(67)50-47-44-41-38-35-31-24-21-18-15-12-9-6-3/h9,12,15,18,21,24,31,35,38,41,45,48,53-56,58-60,62,64-66,68-69H,4-8,10-11,13-14,16-17,19-20,22-23,25-30,32-34,36-37,39-40,42-44,46-47,49-52H2,1-3H3,(H,63,70)/b12-9+,18-15+,24-21-,35-31-,41-38+,48-45+. The highest BCUT2D eigenvalue weighted by atomic mass is 16.7. The highest BCUT2D eigenvalue weighted by Gasteiger charge is 2.47. The van der Waals surface area contributed by atoms with E-state index in [1.54, 1.807) is 6.08 Å². The Hall–Kier alpha value is -2.90. The van der Waals surface area contributed by atoms with E-state index in [1.165, 1.54) is 148 Å². The quantitative estimate of drug-likeness (QED) is 0.0149. The van der Waals surface area contributed by atoms with Crippen LogP contribution in [0.15, 0.2) is 72.9 Å². The largest absolute Gasteiger partial charge is 0.454 e. The van der Waals surface area contributed by atoms with E-state index in [1.807, 2.05) is 60.8 Å². The number of aliphatic hydroxyl groups is 5. The molecule has 1 saturated heterocycles. The van der Waals surface area contributed by atoms with Crippen LogP contribution in [-0.4, -0.2) is 99.6 Å². The van der Waals surface area contributed by atoms with Gasteiger partial charge >= 0.3 is 5.97 Å². The minimum absolute atomic E-state index is 0.0260. The summed E-state index contributed by atoms with van der Waals surface area (Å²) in [4.78, 5) is 26.4. The van der Waals surface area contributed by atoms with Crippen LogP contribution in [0.5, 0.6) is 0 Å². The number of esters is 1. The number of ether oxygens (including phenoxy) is 3. The molecule has 0 aromatic carbocycles. The molecular formula is C62H109NO10. The van der Waals surface area contributed by atoms with Crippen molar-refractivity contribution in [2.45, 2.75) is 294 Å². The average Bonchev–Trinajstić information content (AvgIpc) is 3.39. The van der Waals surface area contributed by atoms with E-state index in [2.05, 4.69) is 32.2 Å². The van der Waals surface area contributed by atoms with Gasteiger partial charge in [-0.25, -0.2) is 0 Å². The van der Waals surface area contributed by atoms with E-state index in [4.69, 9.17) is 14.2 Å². The van der Waals surface area contributed by atoms with Gasteiger partial charge in [0.25, 0.3) is 0 Å². The number of allylic oxidation sites excluding steroid dienone is 11. The van der Waals surface area contributed by atoms with Gasteiger partial charge in [0.05, 0.1) is 25.4 Å². The van der Waals surface area contributed by atoms with E-state index in [0.29, 0.717) is 19.3 Å². The Labute approximate surface area is 445 Å². The van der Waals surface area contributed by atoms with Crippen LogP contribution in [0.1, 0.15) is 245 Å². The first kappa shape index (κ1) is 68.1. The first-order chi connectivity index (χ1) is 35.7. The summed E-state index contributed by atoms with van der Waals surface area (Å²) in [7, 11) is 0. The lowest BCUT2D eigenvalue weighted by Crippen LogP contribution is -2.61. The molecule has 0 bridgehead atoms. The third-order valence-electron chi connectivity index (χ3n) is 13.8. The molecule has 422 valence electrons. The number of hydrogen-bond acceptors (Lipinski definition) is 10. The lowest BCUT2D eigenvalue weighted by Gasteiger charge is -2.41. The zero-order valence-electron chi connectivity index (χ0n) is 46.5.